The SMILES string of the molecule is C[C@@H](OC(=O)c1c2c(nc3ccccc13)CCCC2)C(=O)NC(N)=O. The van der Waals surface area contributed by atoms with Gasteiger partial charge >= 0.3 is 12.0 Å². The summed E-state index contributed by atoms with van der Waals surface area (Å²) in [5, 5.41) is 2.61. The van der Waals surface area contributed by atoms with Crippen LogP contribution in [0.5, 0.6) is 0 Å². The number of primary amides is 1. The van der Waals surface area contributed by atoms with Crippen LogP contribution in [0.3, 0.4) is 0 Å². The van der Waals surface area contributed by atoms with E-state index in [9.17, 15) is 14.4 Å². The van der Waals surface area contributed by atoms with Crippen LogP contribution < -0.4 is 11.1 Å². The second-order valence-electron chi connectivity index (χ2n) is 6.04. The van der Waals surface area contributed by atoms with Gasteiger partial charge in [0.2, 0.25) is 0 Å². The number of urea groups is 1. The minimum Gasteiger partial charge on any atom is -0.449 e. The van der Waals surface area contributed by atoms with Crippen molar-refractivity contribution in [1.29, 1.82) is 0 Å². The number of rotatable bonds is 3. The molecule has 3 rings (SSSR count). The molecule has 2 aromatic rings. The van der Waals surface area contributed by atoms with Crippen LogP contribution in [-0.4, -0.2) is 29.0 Å². The lowest BCUT2D eigenvalue weighted by atomic mass is 9.90. The van der Waals surface area contributed by atoms with Gasteiger partial charge in [-0.15, -0.1) is 0 Å². The fourth-order valence-corrected chi connectivity index (χ4v) is 3.10. The summed E-state index contributed by atoms with van der Waals surface area (Å²) in [7, 11) is 0. The Hall–Kier alpha value is -2.96. The van der Waals surface area contributed by atoms with Gasteiger partial charge in [0.15, 0.2) is 6.10 Å². The molecule has 1 atom stereocenters. The molecule has 0 unspecified atom stereocenters. The summed E-state index contributed by atoms with van der Waals surface area (Å²) in [5.74, 6) is -1.35. The highest BCUT2D eigenvalue weighted by atomic mass is 16.5. The lowest BCUT2D eigenvalue weighted by Gasteiger charge is -2.21. The molecule has 1 aliphatic carbocycles. The van der Waals surface area contributed by atoms with E-state index in [1.807, 2.05) is 29.6 Å². The van der Waals surface area contributed by atoms with Crippen LogP contribution in [0.1, 0.15) is 41.4 Å². The first-order chi connectivity index (χ1) is 12.0. The quantitative estimate of drug-likeness (QED) is 0.828. The van der Waals surface area contributed by atoms with Crippen LogP contribution in [0.4, 0.5) is 4.79 Å². The maximum Gasteiger partial charge on any atom is 0.339 e. The molecule has 0 saturated carbocycles. The van der Waals surface area contributed by atoms with Gasteiger partial charge in [0.25, 0.3) is 5.91 Å². The third kappa shape index (κ3) is 3.45. The molecular weight excluding hydrogens is 322 g/mol. The predicted octanol–water partition coefficient (Wildman–Crippen LogP) is 1.85. The average molecular weight is 341 g/mol. The number of carbonyl (C=O) groups is 3. The van der Waals surface area contributed by atoms with E-state index in [-0.39, 0.29) is 0 Å². The largest absolute Gasteiger partial charge is 0.449 e. The first-order valence-corrected chi connectivity index (χ1v) is 8.19. The number of imide groups is 1. The maximum absolute atomic E-state index is 12.8. The molecule has 3 amide bonds. The van der Waals surface area contributed by atoms with Crippen LogP contribution in [0.15, 0.2) is 24.3 Å². The highest BCUT2D eigenvalue weighted by Gasteiger charge is 2.26. The fourth-order valence-electron chi connectivity index (χ4n) is 3.10. The fraction of sp³-hybridized carbons (Fsp3) is 0.333. The Balaban J connectivity index is 1.98. The van der Waals surface area contributed by atoms with Crippen molar-refractivity contribution in [2.75, 3.05) is 0 Å². The first kappa shape index (κ1) is 16.9. The number of nitrogens with zero attached hydrogens (tertiary/aromatic N) is 1. The summed E-state index contributed by atoms with van der Waals surface area (Å²) < 4.78 is 5.29. The number of esters is 1. The topological polar surface area (TPSA) is 111 Å². The minimum absolute atomic E-state index is 0.457. The van der Waals surface area contributed by atoms with Gasteiger partial charge < -0.3 is 10.5 Å². The van der Waals surface area contributed by atoms with Crippen molar-refractivity contribution < 1.29 is 19.1 Å². The molecular formula is C18H19N3O4. The summed E-state index contributed by atoms with van der Waals surface area (Å²) in [5.41, 5.74) is 7.90. The molecule has 7 heteroatoms. The highest BCUT2D eigenvalue weighted by molar-refractivity contribution is 6.06. The smallest absolute Gasteiger partial charge is 0.339 e. The van der Waals surface area contributed by atoms with Crippen LogP contribution in [0.25, 0.3) is 10.9 Å². The number of fused-ring (bicyclic) bond motifs is 2. The Morgan fingerprint density at radius 3 is 2.68 bits per heavy atom. The second kappa shape index (κ2) is 6.88. The van der Waals surface area contributed by atoms with E-state index in [0.29, 0.717) is 10.9 Å². The molecule has 1 aromatic carbocycles. The van der Waals surface area contributed by atoms with Gasteiger partial charge in [-0.25, -0.2) is 9.59 Å². The Morgan fingerprint density at radius 2 is 1.92 bits per heavy atom. The highest BCUT2D eigenvalue weighted by Crippen LogP contribution is 2.30. The maximum atomic E-state index is 12.8. The molecule has 1 aliphatic rings. The summed E-state index contributed by atoms with van der Waals surface area (Å²) in [4.78, 5) is 40.0. The van der Waals surface area contributed by atoms with Crippen LogP contribution in [0, 0.1) is 0 Å². The third-order valence-electron chi connectivity index (χ3n) is 4.27. The third-order valence-corrected chi connectivity index (χ3v) is 4.27. The van der Waals surface area contributed by atoms with Crippen molar-refractivity contribution >= 4 is 28.8 Å². The number of nitrogens with one attached hydrogen (secondary N) is 1. The molecule has 7 nitrogen and oxygen atoms in total. The Labute approximate surface area is 144 Å². The summed E-state index contributed by atoms with van der Waals surface area (Å²) in [6.45, 7) is 1.39. The second-order valence-corrected chi connectivity index (χ2v) is 6.04. The number of nitrogens with two attached hydrogens (primary N) is 1. The Morgan fingerprint density at radius 1 is 1.20 bits per heavy atom. The molecule has 0 radical (unpaired) electrons. The van der Waals surface area contributed by atoms with Gasteiger partial charge in [0, 0.05) is 11.1 Å². The zero-order valence-corrected chi connectivity index (χ0v) is 13.9. The number of ether oxygens (including phenoxy) is 1. The number of hydrogen-bond donors (Lipinski definition) is 2. The lowest BCUT2D eigenvalue weighted by Crippen LogP contribution is -2.42. The molecule has 3 N–H and O–H groups in total. The van der Waals surface area contributed by atoms with Gasteiger partial charge in [-0.1, -0.05) is 18.2 Å². The molecule has 1 aromatic heterocycles. The van der Waals surface area contributed by atoms with Gasteiger partial charge in [-0.2, -0.15) is 0 Å². The molecule has 0 aliphatic heterocycles. The van der Waals surface area contributed by atoms with Gasteiger partial charge in [-0.3, -0.25) is 15.1 Å². The Kier molecular flexibility index (Phi) is 4.65. The van der Waals surface area contributed by atoms with E-state index in [2.05, 4.69) is 4.98 Å². The van der Waals surface area contributed by atoms with E-state index < -0.39 is 24.0 Å². The monoisotopic (exact) mass is 341 g/mol. The van der Waals surface area contributed by atoms with Crippen molar-refractivity contribution in [2.45, 2.75) is 38.7 Å². The summed E-state index contributed by atoms with van der Waals surface area (Å²) in [6.07, 6.45) is 2.44. The van der Waals surface area contributed by atoms with Gasteiger partial charge in [-0.05, 0) is 44.2 Å². The number of pyridine rings is 1. The molecule has 130 valence electrons. The van der Waals surface area contributed by atoms with Gasteiger partial charge in [0.1, 0.15) is 0 Å². The standard InChI is InChI=1S/C18H19N3O4/c1-10(16(22)21-18(19)24)25-17(23)15-11-6-2-4-8-13(11)20-14-9-5-3-7-12(14)15/h2,4,6,8,10H,3,5,7,9H2,1H3,(H3,19,21,22,24)/t10-/m1/s1. The minimum atomic E-state index is -1.13. The number of carbonyl (C=O) groups excluding carboxylic acids is 3. The normalized spacial score (nSPS) is 14.4. The van der Waals surface area contributed by atoms with Crippen molar-refractivity contribution in [3.05, 3.63) is 41.1 Å². The average Bonchev–Trinajstić information content (AvgIpc) is 2.58. The van der Waals surface area contributed by atoms with Crippen molar-refractivity contribution in [2.24, 2.45) is 5.73 Å². The zero-order valence-electron chi connectivity index (χ0n) is 13.9. The van der Waals surface area contributed by atoms with Crippen molar-refractivity contribution in [3.63, 3.8) is 0 Å². The number of aromatic nitrogens is 1. The van der Waals surface area contributed by atoms with E-state index in [4.69, 9.17) is 10.5 Å². The van der Waals surface area contributed by atoms with Gasteiger partial charge in [0.05, 0.1) is 11.1 Å². The van der Waals surface area contributed by atoms with Crippen LogP contribution in [-0.2, 0) is 22.4 Å². The van der Waals surface area contributed by atoms with Crippen LogP contribution >= 0.6 is 0 Å². The van der Waals surface area contributed by atoms with E-state index >= 15 is 0 Å². The molecule has 0 spiro atoms. The first-order valence-electron chi connectivity index (χ1n) is 8.19. The number of aryl methyl sites for hydroxylation is 1. The van der Waals surface area contributed by atoms with E-state index in [1.165, 1.54) is 6.92 Å². The predicted molar refractivity (Wildman–Crippen MR) is 91.0 cm³/mol. The molecule has 0 fully saturated rings. The Bertz CT molecular complexity index is 863. The number of hydrogen-bond acceptors (Lipinski definition) is 5. The molecule has 1 heterocycles. The number of benzene rings is 1. The lowest BCUT2D eigenvalue weighted by molar-refractivity contribution is -0.127. The summed E-state index contributed by atoms with van der Waals surface area (Å²) >= 11 is 0. The number of para-hydroxylation sites is 1. The van der Waals surface area contributed by atoms with Crippen molar-refractivity contribution in [3.8, 4) is 0 Å². The van der Waals surface area contributed by atoms with Crippen molar-refractivity contribution in [1.82, 2.24) is 10.3 Å². The zero-order chi connectivity index (χ0) is 18.0. The van der Waals surface area contributed by atoms with Crippen LogP contribution in [0.2, 0.25) is 0 Å². The molecule has 0 bridgehead atoms. The molecule has 25 heavy (non-hydrogen) atoms. The van der Waals surface area contributed by atoms with E-state index in [1.54, 1.807) is 0 Å². The number of amides is 3. The molecule has 0 saturated heterocycles. The summed E-state index contributed by atoms with van der Waals surface area (Å²) in [6, 6.07) is 6.38. The van der Waals surface area contributed by atoms with E-state index in [0.717, 1.165) is 42.5 Å².